The molecule has 0 spiro atoms. The van der Waals surface area contributed by atoms with Gasteiger partial charge in [-0.2, -0.15) is 0 Å². The van der Waals surface area contributed by atoms with Crippen molar-refractivity contribution in [3.05, 3.63) is 58.8 Å². The van der Waals surface area contributed by atoms with Crippen LogP contribution in [0.3, 0.4) is 0 Å². The Morgan fingerprint density at radius 2 is 1.75 bits per heavy atom. The fourth-order valence-corrected chi connectivity index (χ4v) is 3.21. The van der Waals surface area contributed by atoms with E-state index < -0.39 is 0 Å². The Hall–Kier alpha value is -2.43. The molecular formula is C19H20FNO3. The number of Topliss-reactive ketones (excluding diaryl/α,β-unsaturated/α-hetero) is 1. The molecule has 0 atom stereocenters. The number of piperidine rings is 1. The summed E-state index contributed by atoms with van der Waals surface area (Å²) in [6, 6.07) is 7.40. The van der Waals surface area contributed by atoms with Crippen molar-refractivity contribution in [3.63, 3.8) is 0 Å². The van der Waals surface area contributed by atoms with Gasteiger partial charge >= 0.3 is 0 Å². The van der Waals surface area contributed by atoms with E-state index >= 15 is 0 Å². The summed E-state index contributed by atoms with van der Waals surface area (Å²) in [6.07, 6.45) is 1.25. The Balaban J connectivity index is 1.63. The quantitative estimate of drug-likeness (QED) is 0.806. The molecule has 1 saturated heterocycles. The fraction of sp³-hybridized carbons (Fsp3) is 0.368. The molecule has 1 fully saturated rings. The van der Waals surface area contributed by atoms with Crippen LogP contribution in [0, 0.1) is 25.6 Å². The van der Waals surface area contributed by atoms with Crippen molar-refractivity contribution in [1.82, 2.24) is 4.90 Å². The van der Waals surface area contributed by atoms with Crippen LogP contribution >= 0.6 is 0 Å². The van der Waals surface area contributed by atoms with Crippen LogP contribution < -0.4 is 0 Å². The van der Waals surface area contributed by atoms with E-state index in [1.807, 2.05) is 6.92 Å². The molecule has 126 valence electrons. The van der Waals surface area contributed by atoms with Crippen molar-refractivity contribution in [2.45, 2.75) is 26.7 Å². The number of benzene rings is 1. The molecule has 24 heavy (non-hydrogen) atoms. The number of furan rings is 1. The standard InChI is InChI=1S/C19H20FNO3/c1-12-11-17(13(2)24-12)19(23)21-9-7-15(8-10-21)18(22)14-3-5-16(20)6-4-14/h3-6,11,15H,7-10H2,1-2H3. The van der Waals surface area contributed by atoms with E-state index in [4.69, 9.17) is 4.42 Å². The number of carbonyl (C=O) groups excluding carboxylic acids is 2. The van der Waals surface area contributed by atoms with Crippen molar-refractivity contribution in [3.8, 4) is 0 Å². The van der Waals surface area contributed by atoms with Crippen LogP contribution in [0.5, 0.6) is 0 Å². The molecule has 2 aromatic rings. The number of likely N-dealkylation sites (tertiary alicyclic amines) is 1. The first-order chi connectivity index (χ1) is 11.5. The maximum Gasteiger partial charge on any atom is 0.257 e. The molecule has 2 heterocycles. The highest BCUT2D eigenvalue weighted by Crippen LogP contribution is 2.24. The van der Waals surface area contributed by atoms with E-state index in [0.29, 0.717) is 42.8 Å². The Labute approximate surface area is 140 Å². The topological polar surface area (TPSA) is 50.5 Å². The molecule has 0 N–H and O–H groups in total. The van der Waals surface area contributed by atoms with E-state index in [2.05, 4.69) is 0 Å². The normalized spacial score (nSPS) is 15.5. The largest absolute Gasteiger partial charge is 0.466 e. The van der Waals surface area contributed by atoms with Gasteiger partial charge in [-0.15, -0.1) is 0 Å². The van der Waals surface area contributed by atoms with Crippen LogP contribution in [-0.2, 0) is 0 Å². The number of nitrogens with zero attached hydrogens (tertiary/aromatic N) is 1. The molecule has 4 nitrogen and oxygen atoms in total. The van der Waals surface area contributed by atoms with Gasteiger partial charge < -0.3 is 9.32 Å². The van der Waals surface area contributed by atoms with E-state index in [0.717, 1.165) is 5.76 Å². The second kappa shape index (κ2) is 6.59. The van der Waals surface area contributed by atoms with E-state index in [1.165, 1.54) is 24.3 Å². The SMILES string of the molecule is Cc1cc(C(=O)N2CCC(C(=O)c3ccc(F)cc3)CC2)c(C)o1. The van der Waals surface area contributed by atoms with Gasteiger partial charge in [-0.05, 0) is 57.0 Å². The number of carbonyl (C=O) groups is 2. The van der Waals surface area contributed by atoms with E-state index in [1.54, 1.807) is 17.9 Å². The average Bonchev–Trinajstić information content (AvgIpc) is 2.93. The minimum atomic E-state index is -0.349. The first-order valence-electron chi connectivity index (χ1n) is 8.12. The van der Waals surface area contributed by atoms with Gasteiger partial charge in [-0.1, -0.05) is 0 Å². The van der Waals surface area contributed by atoms with Gasteiger partial charge in [0.15, 0.2) is 5.78 Å². The summed E-state index contributed by atoms with van der Waals surface area (Å²) >= 11 is 0. The molecule has 0 aliphatic carbocycles. The predicted octanol–water partition coefficient (Wildman–Crippen LogP) is 3.77. The summed E-state index contributed by atoms with van der Waals surface area (Å²) in [5, 5.41) is 0. The van der Waals surface area contributed by atoms with Crippen molar-refractivity contribution in [2.75, 3.05) is 13.1 Å². The number of amides is 1. The van der Waals surface area contributed by atoms with E-state index in [9.17, 15) is 14.0 Å². The molecular weight excluding hydrogens is 309 g/mol. The smallest absolute Gasteiger partial charge is 0.257 e. The number of ketones is 1. The fourth-order valence-electron chi connectivity index (χ4n) is 3.21. The van der Waals surface area contributed by atoms with Crippen LogP contribution in [-0.4, -0.2) is 29.7 Å². The van der Waals surface area contributed by atoms with E-state index in [-0.39, 0.29) is 23.4 Å². The summed E-state index contributed by atoms with van der Waals surface area (Å²) < 4.78 is 18.4. The highest BCUT2D eigenvalue weighted by Gasteiger charge is 2.29. The predicted molar refractivity (Wildman–Crippen MR) is 87.5 cm³/mol. The molecule has 5 heteroatoms. The second-order valence-electron chi connectivity index (χ2n) is 6.26. The third-order valence-electron chi connectivity index (χ3n) is 4.55. The Bertz CT molecular complexity index is 755. The third kappa shape index (κ3) is 3.25. The lowest BCUT2D eigenvalue weighted by molar-refractivity contribution is 0.0649. The zero-order chi connectivity index (χ0) is 17.3. The minimum absolute atomic E-state index is 0.0254. The highest BCUT2D eigenvalue weighted by molar-refractivity contribution is 5.98. The van der Waals surface area contributed by atoms with Crippen molar-refractivity contribution in [1.29, 1.82) is 0 Å². The summed E-state index contributed by atoms with van der Waals surface area (Å²) in [5.74, 6) is 0.859. The van der Waals surface area contributed by atoms with Crippen LogP contribution in [0.25, 0.3) is 0 Å². The summed E-state index contributed by atoms with van der Waals surface area (Å²) in [7, 11) is 0. The molecule has 0 saturated carbocycles. The Morgan fingerprint density at radius 1 is 1.12 bits per heavy atom. The van der Waals surface area contributed by atoms with Crippen LogP contribution in [0.2, 0.25) is 0 Å². The first-order valence-corrected chi connectivity index (χ1v) is 8.12. The lowest BCUT2D eigenvalue weighted by atomic mass is 9.88. The number of hydrogen-bond acceptors (Lipinski definition) is 3. The summed E-state index contributed by atoms with van der Waals surface area (Å²) in [5.41, 5.74) is 1.12. The maximum absolute atomic E-state index is 13.0. The minimum Gasteiger partial charge on any atom is -0.466 e. The molecule has 0 radical (unpaired) electrons. The van der Waals surface area contributed by atoms with Crippen molar-refractivity contribution >= 4 is 11.7 Å². The first kappa shape index (κ1) is 16.4. The molecule has 1 aliphatic rings. The van der Waals surface area contributed by atoms with Crippen molar-refractivity contribution < 1.29 is 18.4 Å². The maximum atomic E-state index is 13.0. The zero-order valence-corrected chi connectivity index (χ0v) is 13.8. The molecule has 1 aromatic carbocycles. The Morgan fingerprint density at radius 3 is 2.29 bits per heavy atom. The van der Waals surface area contributed by atoms with Crippen LogP contribution in [0.1, 0.15) is 45.1 Å². The monoisotopic (exact) mass is 329 g/mol. The van der Waals surface area contributed by atoms with Gasteiger partial charge in [0.05, 0.1) is 5.56 Å². The van der Waals surface area contributed by atoms with Gasteiger partial charge in [-0.25, -0.2) is 4.39 Å². The van der Waals surface area contributed by atoms with Crippen LogP contribution in [0.4, 0.5) is 4.39 Å². The van der Waals surface area contributed by atoms with Gasteiger partial charge in [0.2, 0.25) is 0 Å². The molecule has 1 aliphatic heterocycles. The summed E-state index contributed by atoms with van der Waals surface area (Å²) in [6.45, 7) is 4.68. The molecule has 1 aromatic heterocycles. The summed E-state index contributed by atoms with van der Waals surface area (Å²) in [4.78, 5) is 26.8. The number of halogens is 1. The van der Waals surface area contributed by atoms with Gasteiger partial charge in [0.1, 0.15) is 17.3 Å². The second-order valence-corrected chi connectivity index (χ2v) is 6.26. The number of hydrogen-bond donors (Lipinski definition) is 0. The number of rotatable bonds is 3. The lowest BCUT2D eigenvalue weighted by Crippen LogP contribution is -2.40. The zero-order valence-electron chi connectivity index (χ0n) is 13.8. The molecule has 0 unspecified atom stereocenters. The molecule has 0 bridgehead atoms. The van der Waals surface area contributed by atoms with Crippen molar-refractivity contribution in [2.24, 2.45) is 5.92 Å². The van der Waals surface area contributed by atoms with Crippen LogP contribution in [0.15, 0.2) is 34.7 Å². The van der Waals surface area contributed by atoms with Gasteiger partial charge in [0.25, 0.3) is 5.91 Å². The number of aryl methyl sites for hydroxylation is 2. The van der Waals surface area contributed by atoms with Gasteiger partial charge in [0, 0.05) is 24.6 Å². The molecule has 1 amide bonds. The average molecular weight is 329 g/mol. The van der Waals surface area contributed by atoms with Gasteiger partial charge in [-0.3, -0.25) is 9.59 Å². The third-order valence-corrected chi connectivity index (χ3v) is 4.55. The molecule has 3 rings (SSSR count). The Kier molecular flexibility index (Phi) is 4.51. The highest BCUT2D eigenvalue weighted by atomic mass is 19.1. The lowest BCUT2D eigenvalue weighted by Gasteiger charge is -2.31.